The lowest BCUT2D eigenvalue weighted by atomic mass is 9.80. The van der Waals surface area contributed by atoms with Crippen molar-refractivity contribution < 1.29 is 23.1 Å². The number of rotatable bonds is 1. The molecule has 1 aromatic carbocycles. The van der Waals surface area contributed by atoms with Gasteiger partial charge in [0.05, 0.1) is 0 Å². The lowest BCUT2D eigenvalue weighted by Gasteiger charge is -2.41. The number of alkyl halides is 3. The number of hydrazone groups is 1. The van der Waals surface area contributed by atoms with Crippen molar-refractivity contribution in [3.05, 3.63) is 34.9 Å². The molecule has 1 atom stereocenters. The summed E-state index contributed by atoms with van der Waals surface area (Å²) in [4.78, 5) is 12.6. The van der Waals surface area contributed by atoms with Gasteiger partial charge in [-0.2, -0.15) is 23.3 Å². The quantitative estimate of drug-likeness (QED) is 0.838. The number of carbonyl (C=O) groups excluding carboxylic acids is 1. The molecule has 4 nitrogen and oxygen atoms in total. The molecular formula is C15H16ClF3N2O2. The van der Waals surface area contributed by atoms with Crippen molar-refractivity contribution in [1.82, 2.24) is 5.01 Å². The molecule has 0 aromatic heterocycles. The Hall–Kier alpha value is -1.60. The number of carbonyl (C=O) groups is 1. The van der Waals surface area contributed by atoms with Crippen LogP contribution in [0, 0.1) is 5.41 Å². The Labute approximate surface area is 136 Å². The van der Waals surface area contributed by atoms with Crippen LogP contribution in [-0.2, 0) is 0 Å². The largest absolute Gasteiger partial charge is 0.431 e. The molecule has 1 aliphatic rings. The zero-order chi connectivity index (χ0) is 17.6. The molecular weight excluding hydrogens is 333 g/mol. The molecule has 23 heavy (non-hydrogen) atoms. The molecule has 1 amide bonds. The summed E-state index contributed by atoms with van der Waals surface area (Å²) in [6.45, 7) is 4.63. The number of halogens is 4. The van der Waals surface area contributed by atoms with E-state index in [2.05, 4.69) is 5.10 Å². The minimum atomic E-state index is -4.72. The molecule has 1 aromatic rings. The maximum absolute atomic E-state index is 13.0. The van der Waals surface area contributed by atoms with Crippen LogP contribution in [0.2, 0.25) is 5.02 Å². The van der Waals surface area contributed by atoms with E-state index in [4.69, 9.17) is 11.6 Å². The summed E-state index contributed by atoms with van der Waals surface area (Å²) in [5.41, 5.74) is -4.27. The number of hydrogen-bond donors (Lipinski definition) is 1. The first-order chi connectivity index (χ1) is 10.4. The maximum Gasteiger partial charge on any atom is 0.431 e. The SMILES string of the molecule is CC(C)(C)C1(O)CC(C(F)(F)F)=NN1C(=O)c1cccc(Cl)c1. The monoisotopic (exact) mass is 348 g/mol. The van der Waals surface area contributed by atoms with Crippen molar-refractivity contribution in [2.75, 3.05) is 0 Å². The van der Waals surface area contributed by atoms with Gasteiger partial charge < -0.3 is 5.11 Å². The average Bonchev–Trinajstić information content (AvgIpc) is 2.77. The molecule has 8 heteroatoms. The Morgan fingerprint density at radius 3 is 2.43 bits per heavy atom. The molecule has 0 spiro atoms. The van der Waals surface area contributed by atoms with Gasteiger partial charge in [0.15, 0.2) is 5.72 Å². The Bertz CT molecular complexity index is 667. The molecule has 2 rings (SSSR count). The second-order valence-electron chi connectivity index (χ2n) is 6.42. The third-order valence-electron chi connectivity index (χ3n) is 3.78. The first-order valence-electron chi connectivity index (χ1n) is 6.83. The fourth-order valence-corrected chi connectivity index (χ4v) is 2.43. The molecule has 0 fully saturated rings. The lowest BCUT2D eigenvalue weighted by molar-refractivity contribution is -0.144. The van der Waals surface area contributed by atoms with Gasteiger partial charge in [0, 0.05) is 22.4 Å². The zero-order valence-corrected chi connectivity index (χ0v) is 13.5. The van der Waals surface area contributed by atoms with Crippen LogP contribution in [-0.4, -0.2) is 33.6 Å². The van der Waals surface area contributed by atoms with Crippen molar-refractivity contribution >= 4 is 23.2 Å². The Balaban J connectivity index is 2.50. The first-order valence-corrected chi connectivity index (χ1v) is 7.21. The number of aliphatic hydroxyl groups is 1. The fourth-order valence-electron chi connectivity index (χ4n) is 2.24. The van der Waals surface area contributed by atoms with Crippen LogP contribution in [0.25, 0.3) is 0 Å². The number of amides is 1. The van der Waals surface area contributed by atoms with Crippen molar-refractivity contribution in [1.29, 1.82) is 0 Å². The van der Waals surface area contributed by atoms with Gasteiger partial charge >= 0.3 is 6.18 Å². The standard InChI is InChI=1S/C15H16ClF3N2O2/c1-13(2,3)14(23)8-11(15(17,18)19)20-21(14)12(22)9-5-4-6-10(16)7-9/h4-7,23H,8H2,1-3H3. The molecule has 1 aliphatic heterocycles. The molecule has 126 valence electrons. The summed E-state index contributed by atoms with van der Waals surface area (Å²) in [6.07, 6.45) is -5.51. The Morgan fingerprint density at radius 1 is 1.35 bits per heavy atom. The average molecular weight is 349 g/mol. The summed E-state index contributed by atoms with van der Waals surface area (Å²) < 4.78 is 39.0. The van der Waals surface area contributed by atoms with E-state index in [0.29, 0.717) is 5.01 Å². The van der Waals surface area contributed by atoms with E-state index in [1.165, 1.54) is 24.3 Å². The molecule has 1 heterocycles. The van der Waals surface area contributed by atoms with E-state index in [9.17, 15) is 23.1 Å². The van der Waals surface area contributed by atoms with Crippen LogP contribution in [0.15, 0.2) is 29.4 Å². The van der Waals surface area contributed by atoms with Crippen LogP contribution in [0.4, 0.5) is 13.2 Å². The van der Waals surface area contributed by atoms with Crippen LogP contribution in [0.1, 0.15) is 37.6 Å². The van der Waals surface area contributed by atoms with Crippen LogP contribution in [0.3, 0.4) is 0 Å². The summed E-state index contributed by atoms with van der Waals surface area (Å²) in [5.74, 6) is -0.843. The highest BCUT2D eigenvalue weighted by atomic mass is 35.5. The van der Waals surface area contributed by atoms with Crippen LogP contribution >= 0.6 is 11.6 Å². The first kappa shape index (κ1) is 17.7. The van der Waals surface area contributed by atoms with Gasteiger partial charge in [0.2, 0.25) is 0 Å². The topological polar surface area (TPSA) is 52.9 Å². The molecule has 0 bridgehead atoms. The fraction of sp³-hybridized carbons (Fsp3) is 0.467. The summed E-state index contributed by atoms with van der Waals surface area (Å²) in [5, 5.41) is 14.9. The number of hydrogen-bond acceptors (Lipinski definition) is 3. The van der Waals surface area contributed by atoms with Crippen molar-refractivity contribution in [2.45, 2.75) is 39.1 Å². The predicted molar refractivity (Wildman–Crippen MR) is 80.1 cm³/mol. The van der Waals surface area contributed by atoms with Crippen molar-refractivity contribution in [3.63, 3.8) is 0 Å². The van der Waals surface area contributed by atoms with Crippen molar-refractivity contribution in [3.8, 4) is 0 Å². The van der Waals surface area contributed by atoms with Crippen LogP contribution in [0.5, 0.6) is 0 Å². The smallest absolute Gasteiger partial charge is 0.368 e. The second kappa shape index (κ2) is 5.49. The molecule has 1 N–H and O–H groups in total. The minimum absolute atomic E-state index is 0.0485. The highest BCUT2D eigenvalue weighted by Gasteiger charge is 2.57. The molecule has 0 aliphatic carbocycles. The normalized spacial score (nSPS) is 22.3. The highest BCUT2D eigenvalue weighted by molar-refractivity contribution is 6.31. The molecule has 0 saturated carbocycles. The Morgan fingerprint density at radius 2 is 1.96 bits per heavy atom. The van der Waals surface area contributed by atoms with E-state index >= 15 is 0 Å². The predicted octanol–water partition coefficient (Wildman–Crippen LogP) is 3.84. The highest BCUT2D eigenvalue weighted by Crippen LogP contribution is 2.44. The van der Waals surface area contributed by atoms with E-state index in [-0.39, 0.29) is 10.6 Å². The van der Waals surface area contributed by atoms with E-state index in [1.807, 2.05) is 0 Å². The van der Waals surface area contributed by atoms with Gasteiger partial charge in [-0.25, -0.2) is 0 Å². The molecule has 0 radical (unpaired) electrons. The van der Waals surface area contributed by atoms with E-state index < -0.39 is 35.4 Å². The van der Waals surface area contributed by atoms with Crippen LogP contribution < -0.4 is 0 Å². The van der Waals surface area contributed by atoms with Gasteiger partial charge in [0.1, 0.15) is 5.71 Å². The maximum atomic E-state index is 13.0. The summed E-state index contributed by atoms with van der Waals surface area (Å²) in [6, 6.07) is 5.74. The third kappa shape index (κ3) is 3.21. The summed E-state index contributed by atoms with van der Waals surface area (Å²) >= 11 is 5.81. The number of nitrogens with zero attached hydrogens (tertiary/aromatic N) is 2. The van der Waals surface area contributed by atoms with E-state index in [0.717, 1.165) is 0 Å². The lowest BCUT2D eigenvalue weighted by Crippen LogP contribution is -2.55. The van der Waals surface area contributed by atoms with E-state index in [1.54, 1.807) is 20.8 Å². The molecule has 1 unspecified atom stereocenters. The summed E-state index contributed by atoms with van der Waals surface area (Å²) in [7, 11) is 0. The number of benzene rings is 1. The third-order valence-corrected chi connectivity index (χ3v) is 4.01. The Kier molecular flexibility index (Phi) is 4.24. The van der Waals surface area contributed by atoms with Gasteiger partial charge in [-0.05, 0) is 18.2 Å². The van der Waals surface area contributed by atoms with Gasteiger partial charge in [-0.3, -0.25) is 4.79 Å². The minimum Gasteiger partial charge on any atom is -0.368 e. The van der Waals surface area contributed by atoms with Gasteiger partial charge in [-0.1, -0.05) is 38.4 Å². The van der Waals surface area contributed by atoms with Crippen molar-refractivity contribution in [2.24, 2.45) is 10.5 Å². The molecule has 0 saturated heterocycles. The van der Waals surface area contributed by atoms with Gasteiger partial charge in [0.25, 0.3) is 5.91 Å². The van der Waals surface area contributed by atoms with Gasteiger partial charge in [-0.15, -0.1) is 0 Å². The zero-order valence-electron chi connectivity index (χ0n) is 12.8. The second-order valence-corrected chi connectivity index (χ2v) is 6.85.